The summed E-state index contributed by atoms with van der Waals surface area (Å²) in [5.41, 5.74) is 5.40. The van der Waals surface area contributed by atoms with Gasteiger partial charge >= 0.3 is 0 Å². The summed E-state index contributed by atoms with van der Waals surface area (Å²) < 4.78 is 10.8. The number of nitrogens with zero attached hydrogens (tertiary/aromatic N) is 1. The van der Waals surface area contributed by atoms with Crippen molar-refractivity contribution >= 4 is 22.2 Å². The van der Waals surface area contributed by atoms with Crippen molar-refractivity contribution < 1.29 is 9.47 Å². The van der Waals surface area contributed by atoms with Gasteiger partial charge in [-0.2, -0.15) is 11.3 Å². The molecule has 4 nitrogen and oxygen atoms in total. The van der Waals surface area contributed by atoms with E-state index in [1.807, 2.05) is 30.3 Å². The quantitative estimate of drug-likeness (QED) is 0.467. The maximum atomic E-state index is 5.45. The van der Waals surface area contributed by atoms with E-state index in [0.29, 0.717) is 0 Å². The summed E-state index contributed by atoms with van der Waals surface area (Å²) in [5.74, 6) is 1.72. The third-order valence-corrected chi connectivity index (χ3v) is 5.41. The van der Waals surface area contributed by atoms with Gasteiger partial charge < -0.3 is 14.8 Å². The summed E-state index contributed by atoms with van der Waals surface area (Å²) in [6, 6.07) is 18.4. The van der Waals surface area contributed by atoms with Crippen LogP contribution < -0.4 is 14.8 Å². The second-order valence-electron chi connectivity index (χ2n) is 6.48. The highest BCUT2D eigenvalue weighted by Crippen LogP contribution is 2.29. The molecule has 4 aromatic rings. The van der Waals surface area contributed by atoms with Crippen LogP contribution in [0.5, 0.6) is 11.5 Å². The number of rotatable bonds is 7. The molecular weight excluding hydrogens is 368 g/mol. The van der Waals surface area contributed by atoms with Crippen LogP contribution in [0.3, 0.4) is 0 Å². The largest absolute Gasteiger partial charge is 0.497 e. The fourth-order valence-electron chi connectivity index (χ4n) is 3.28. The predicted molar refractivity (Wildman–Crippen MR) is 115 cm³/mol. The Kier molecular flexibility index (Phi) is 5.55. The van der Waals surface area contributed by atoms with E-state index in [-0.39, 0.29) is 0 Å². The summed E-state index contributed by atoms with van der Waals surface area (Å²) in [6.07, 6.45) is 0. The Hall–Kier alpha value is -2.89. The summed E-state index contributed by atoms with van der Waals surface area (Å²) in [4.78, 5) is 4.95. The normalized spacial score (nSPS) is 10.9. The zero-order valence-corrected chi connectivity index (χ0v) is 16.8. The van der Waals surface area contributed by atoms with Gasteiger partial charge in [0.15, 0.2) is 0 Å². The molecule has 5 heteroatoms. The lowest BCUT2D eigenvalue weighted by Crippen LogP contribution is -2.14. The summed E-state index contributed by atoms with van der Waals surface area (Å²) in [5, 5.41) is 8.87. The first-order valence-electron chi connectivity index (χ1n) is 9.11. The Morgan fingerprint density at radius 2 is 1.79 bits per heavy atom. The van der Waals surface area contributed by atoms with E-state index in [0.717, 1.165) is 52.3 Å². The van der Waals surface area contributed by atoms with Crippen molar-refractivity contribution in [1.29, 1.82) is 0 Å². The van der Waals surface area contributed by atoms with Gasteiger partial charge in [-0.05, 0) is 41.3 Å². The Morgan fingerprint density at radius 1 is 0.929 bits per heavy atom. The minimum atomic E-state index is 0.720. The molecule has 0 spiro atoms. The van der Waals surface area contributed by atoms with Gasteiger partial charge in [0.2, 0.25) is 0 Å². The lowest BCUT2D eigenvalue weighted by atomic mass is 10.0. The fourth-order valence-corrected chi connectivity index (χ4v) is 3.92. The Morgan fingerprint density at radius 3 is 2.57 bits per heavy atom. The van der Waals surface area contributed by atoms with E-state index < -0.39 is 0 Å². The van der Waals surface area contributed by atoms with Crippen LogP contribution in [-0.2, 0) is 13.1 Å². The molecule has 4 rings (SSSR count). The van der Waals surface area contributed by atoms with Crippen LogP contribution >= 0.6 is 11.3 Å². The van der Waals surface area contributed by atoms with Gasteiger partial charge in [-0.1, -0.05) is 18.2 Å². The molecule has 2 heterocycles. The molecule has 2 aromatic carbocycles. The smallest absolute Gasteiger partial charge is 0.123 e. The van der Waals surface area contributed by atoms with Crippen LogP contribution in [0.25, 0.3) is 22.2 Å². The van der Waals surface area contributed by atoms with Crippen molar-refractivity contribution in [2.75, 3.05) is 14.2 Å². The number of benzene rings is 2. The third-order valence-electron chi connectivity index (χ3n) is 4.72. The summed E-state index contributed by atoms with van der Waals surface area (Å²) >= 11 is 1.68. The number of fused-ring (bicyclic) bond motifs is 1. The number of hydrogen-bond donors (Lipinski definition) is 1. The Balaban J connectivity index is 1.64. The second kappa shape index (κ2) is 8.42. The van der Waals surface area contributed by atoms with Crippen LogP contribution in [0, 0.1) is 0 Å². The molecule has 0 saturated carbocycles. The van der Waals surface area contributed by atoms with Gasteiger partial charge in [0, 0.05) is 41.0 Å². The van der Waals surface area contributed by atoms with Crippen LogP contribution in [0.2, 0.25) is 0 Å². The van der Waals surface area contributed by atoms with Crippen molar-refractivity contribution in [2.45, 2.75) is 13.1 Å². The minimum absolute atomic E-state index is 0.720. The SMILES string of the molecule is COc1ccc2cc(CNCc3ccccc3OC)c(-c3ccsc3)nc2c1. The predicted octanol–water partition coefficient (Wildman–Crippen LogP) is 5.27. The van der Waals surface area contributed by atoms with Gasteiger partial charge in [0.1, 0.15) is 11.5 Å². The highest BCUT2D eigenvalue weighted by Gasteiger charge is 2.11. The lowest BCUT2D eigenvalue weighted by molar-refractivity contribution is 0.407. The molecular formula is C23H22N2O2S. The van der Waals surface area contributed by atoms with E-state index in [9.17, 15) is 0 Å². The van der Waals surface area contributed by atoms with Gasteiger partial charge in [0.05, 0.1) is 25.4 Å². The standard InChI is InChI=1S/C23H22N2O2S/c1-26-20-8-7-16-11-19(14-24-13-17-5-3-4-6-22(17)27-2)23(25-21(16)12-20)18-9-10-28-15-18/h3-12,15,24H,13-14H2,1-2H3. The number of hydrogen-bond acceptors (Lipinski definition) is 5. The molecule has 2 aromatic heterocycles. The second-order valence-corrected chi connectivity index (χ2v) is 7.26. The van der Waals surface area contributed by atoms with Crippen LogP contribution in [0.4, 0.5) is 0 Å². The first-order chi connectivity index (χ1) is 13.8. The average Bonchev–Trinajstić information content (AvgIpc) is 3.28. The molecule has 0 fully saturated rings. The number of ether oxygens (including phenoxy) is 2. The molecule has 28 heavy (non-hydrogen) atoms. The zero-order valence-electron chi connectivity index (χ0n) is 15.9. The average molecular weight is 391 g/mol. The Bertz CT molecular complexity index is 1080. The van der Waals surface area contributed by atoms with Crippen LogP contribution in [0.15, 0.2) is 65.4 Å². The van der Waals surface area contributed by atoms with Crippen molar-refractivity contribution in [1.82, 2.24) is 10.3 Å². The number of aromatic nitrogens is 1. The zero-order chi connectivity index (χ0) is 19.3. The first-order valence-corrected chi connectivity index (χ1v) is 10.1. The molecule has 1 N–H and O–H groups in total. The highest BCUT2D eigenvalue weighted by molar-refractivity contribution is 7.08. The molecule has 0 aliphatic heterocycles. The molecule has 0 aliphatic carbocycles. The van der Waals surface area contributed by atoms with Crippen molar-refractivity contribution in [3.05, 3.63) is 76.5 Å². The Labute approximate surface area is 168 Å². The molecule has 0 saturated heterocycles. The topological polar surface area (TPSA) is 43.4 Å². The number of nitrogens with one attached hydrogen (secondary N) is 1. The fraction of sp³-hybridized carbons (Fsp3) is 0.174. The van der Waals surface area contributed by atoms with E-state index in [4.69, 9.17) is 14.5 Å². The van der Waals surface area contributed by atoms with Crippen molar-refractivity contribution in [3.63, 3.8) is 0 Å². The minimum Gasteiger partial charge on any atom is -0.497 e. The van der Waals surface area contributed by atoms with E-state index in [1.165, 1.54) is 5.56 Å². The van der Waals surface area contributed by atoms with Crippen LogP contribution in [0.1, 0.15) is 11.1 Å². The first kappa shape index (κ1) is 18.5. The third kappa shape index (κ3) is 3.86. The molecule has 0 aliphatic rings. The van der Waals surface area contributed by atoms with Gasteiger partial charge in [-0.3, -0.25) is 0 Å². The van der Waals surface area contributed by atoms with Crippen molar-refractivity contribution in [2.24, 2.45) is 0 Å². The number of methoxy groups -OCH3 is 2. The highest BCUT2D eigenvalue weighted by atomic mass is 32.1. The van der Waals surface area contributed by atoms with Gasteiger partial charge in [0.25, 0.3) is 0 Å². The van der Waals surface area contributed by atoms with Crippen LogP contribution in [-0.4, -0.2) is 19.2 Å². The maximum absolute atomic E-state index is 5.45. The molecule has 142 valence electrons. The van der Waals surface area contributed by atoms with E-state index in [2.05, 4.69) is 40.3 Å². The molecule has 0 amide bonds. The molecule has 0 radical (unpaired) electrons. The monoisotopic (exact) mass is 390 g/mol. The molecule has 0 unspecified atom stereocenters. The van der Waals surface area contributed by atoms with Gasteiger partial charge in [-0.15, -0.1) is 0 Å². The number of thiophene rings is 1. The molecule has 0 atom stereocenters. The van der Waals surface area contributed by atoms with Gasteiger partial charge in [-0.25, -0.2) is 4.98 Å². The lowest BCUT2D eigenvalue weighted by Gasteiger charge is -2.13. The van der Waals surface area contributed by atoms with E-state index in [1.54, 1.807) is 25.6 Å². The van der Waals surface area contributed by atoms with Crippen molar-refractivity contribution in [3.8, 4) is 22.8 Å². The maximum Gasteiger partial charge on any atom is 0.123 e. The molecule has 0 bridgehead atoms. The van der Waals surface area contributed by atoms with E-state index >= 15 is 0 Å². The summed E-state index contributed by atoms with van der Waals surface area (Å²) in [6.45, 7) is 1.45. The number of pyridine rings is 1. The number of para-hydroxylation sites is 1. The summed E-state index contributed by atoms with van der Waals surface area (Å²) in [7, 11) is 3.38.